The van der Waals surface area contributed by atoms with E-state index in [4.69, 9.17) is 9.05 Å². The monoisotopic (exact) mass is 358 g/mol. The Morgan fingerprint density at radius 2 is 1.63 bits per heavy atom. The van der Waals surface area contributed by atoms with Crippen LogP contribution in [-0.4, -0.2) is 23.4 Å². The molecule has 0 aromatic heterocycles. The fourth-order valence-corrected chi connectivity index (χ4v) is 3.16. The maximum absolute atomic E-state index is 11.6. The van der Waals surface area contributed by atoms with E-state index in [0.717, 1.165) is 50.3 Å². The Bertz CT molecular complexity index is 245. The lowest BCUT2D eigenvalue weighted by atomic mass is 9.95. The van der Waals surface area contributed by atoms with Gasteiger partial charge in [-0.25, -0.2) is 4.57 Å². The number of rotatable bonds is 13. The second-order valence-corrected chi connectivity index (χ2v) is 7.01. The molecular formula is C13H28BrO4P. The van der Waals surface area contributed by atoms with Crippen molar-refractivity contribution in [1.29, 1.82) is 0 Å². The first-order valence-corrected chi connectivity index (χ1v) is 9.85. The number of halogens is 1. The largest absolute Gasteiger partial charge is 0.472 e. The molecule has 1 atom stereocenters. The SMILES string of the molecule is CCCC(CCC)CCOP(=O)(O)OCCCCBr. The van der Waals surface area contributed by atoms with Crippen molar-refractivity contribution in [2.75, 3.05) is 18.5 Å². The van der Waals surface area contributed by atoms with Gasteiger partial charge in [-0.15, -0.1) is 0 Å². The molecule has 1 N–H and O–H groups in total. The predicted molar refractivity (Wildman–Crippen MR) is 82.7 cm³/mol. The Morgan fingerprint density at radius 3 is 2.16 bits per heavy atom. The molecule has 0 aliphatic heterocycles. The topological polar surface area (TPSA) is 55.8 Å². The highest BCUT2D eigenvalue weighted by atomic mass is 79.9. The molecule has 0 aliphatic rings. The summed E-state index contributed by atoms with van der Waals surface area (Å²) in [7, 11) is -3.84. The van der Waals surface area contributed by atoms with Crippen molar-refractivity contribution in [3.63, 3.8) is 0 Å². The molecule has 6 heteroatoms. The lowest BCUT2D eigenvalue weighted by Gasteiger charge is -2.16. The van der Waals surface area contributed by atoms with Crippen molar-refractivity contribution < 1.29 is 18.5 Å². The standard InChI is InChI=1S/C13H28BrO4P/c1-3-7-13(8-4-2)9-12-18-19(15,16)17-11-6-5-10-14/h13H,3-12H2,1-2H3,(H,15,16). The fourth-order valence-electron chi connectivity index (χ4n) is 2.00. The van der Waals surface area contributed by atoms with E-state index in [0.29, 0.717) is 12.5 Å². The van der Waals surface area contributed by atoms with Gasteiger partial charge in [0.05, 0.1) is 13.2 Å². The third kappa shape index (κ3) is 12.1. The zero-order valence-corrected chi connectivity index (χ0v) is 14.6. The summed E-state index contributed by atoms with van der Waals surface area (Å²) in [5, 5.41) is 0.878. The molecule has 1 unspecified atom stereocenters. The van der Waals surface area contributed by atoms with Crippen LogP contribution in [0.4, 0.5) is 0 Å². The fraction of sp³-hybridized carbons (Fsp3) is 1.00. The summed E-state index contributed by atoms with van der Waals surface area (Å²) in [6.45, 7) is 4.89. The Balaban J connectivity index is 3.78. The van der Waals surface area contributed by atoms with Crippen LogP contribution in [0, 0.1) is 5.92 Å². The van der Waals surface area contributed by atoms with Gasteiger partial charge in [0.1, 0.15) is 0 Å². The molecule has 0 bridgehead atoms. The Morgan fingerprint density at radius 1 is 1.05 bits per heavy atom. The van der Waals surface area contributed by atoms with Crippen molar-refractivity contribution in [2.24, 2.45) is 5.92 Å². The molecule has 0 saturated heterocycles. The molecular weight excluding hydrogens is 331 g/mol. The van der Waals surface area contributed by atoms with Crippen LogP contribution in [0.1, 0.15) is 58.8 Å². The van der Waals surface area contributed by atoms with Crippen LogP contribution in [0.15, 0.2) is 0 Å². The van der Waals surface area contributed by atoms with Gasteiger partial charge in [0, 0.05) is 5.33 Å². The summed E-state index contributed by atoms with van der Waals surface area (Å²) >= 11 is 3.30. The minimum Gasteiger partial charge on any atom is -0.302 e. The summed E-state index contributed by atoms with van der Waals surface area (Å²) < 4.78 is 21.5. The van der Waals surface area contributed by atoms with Crippen LogP contribution in [0.2, 0.25) is 0 Å². The quantitative estimate of drug-likeness (QED) is 0.289. The molecule has 4 nitrogen and oxygen atoms in total. The number of phosphoric acid groups is 1. The van der Waals surface area contributed by atoms with E-state index in [9.17, 15) is 9.46 Å². The summed E-state index contributed by atoms with van der Waals surface area (Å²) in [6.07, 6.45) is 7.10. The molecule has 0 heterocycles. The van der Waals surface area contributed by atoms with Crippen LogP contribution in [0.3, 0.4) is 0 Å². The van der Waals surface area contributed by atoms with Crippen LogP contribution in [0.5, 0.6) is 0 Å². The van der Waals surface area contributed by atoms with E-state index < -0.39 is 7.82 Å². The number of hydrogen-bond donors (Lipinski definition) is 1. The van der Waals surface area contributed by atoms with E-state index in [1.807, 2.05) is 0 Å². The van der Waals surface area contributed by atoms with E-state index >= 15 is 0 Å². The van der Waals surface area contributed by atoms with Crippen LogP contribution < -0.4 is 0 Å². The first-order valence-electron chi connectivity index (χ1n) is 7.23. The smallest absolute Gasteiger partial charge is 0.302 e. The summed E-state index contributed by atoms with van der Waals surface area (Å²) in [6, 6.07) is 0. The van der Waals surface area contributed by atoms with Gasteiger partial charge >= 0.3 is 7.82 Å². The molecule has 0 aromatic carbocycles. The van der Waals surface area contributed by atoms with Crippen molar-refractivity contribution in [1.82, 2.24) is 0 Å². The predicted octanol–water partition coefficient (Wildman–Crippen LogP) is 4.90. The Kier molecular flexibility index (Phi) is 12.7. The van der Waals surface area contributed by atoms with E-state index in [1.54, 1.807) is 0 Å². The zero-order chi connectivity index (χ0) is 14.6. The molecule has 0 rings (SSSR count). The lowest BCUT2D eigenvalue weighted by Crippen LogP contribution is -2.06. The van der Waals surface area contributed by atoms with Gasteiger partial charge in [0.2, 0.25) is 0 Å². The molecule has 0 saturated carbocycles. The average Bonchev–Trinajstić information content (AvgIpc) is 2.35. The van der Waals surface area contributed by atoms with Crippen molar-refractivity contribution in [3.05, 3.63) is 0 Å². The number of phosphoric ester groups is 1. The first-order chi connectivity index (χ1) is 9.05. The van der Waals surface area contributed by atoms with Crippen molar-refractivity contribution in [2.45, 2.75) is 58.8 Å². The maximum atomic E-state index is 11.6. The number of hydrogen-bond acceptors (Lipinski definition) is 3. The van der Waals surface area contributed by atoms with Crippen molar-refractivity contribution >= 4 is 23.8 Å². The van der Waals surface area contributed by atoms with Gasteiger partial charge in [-0.1, -0.05) is 55.5 Å². The van der Waals surface area contributed by atoms with Crippen LogP contribution >= 0.6 is 23.8 Å². The van der Waals surface area contributed by atoms with Gasteiger partial charge in [0.15, 0.2) is 0 Å². The van der Waals surface area contributed by atoms with Crippen LogP contribution in [-0.2, 0) is 13.6 Å². The first kappa shape index (κ1) is 19.6. The molecule has 0 aliphatic carbocycles. The summed E-state index contributed by atoms with van der Waals surface area (Å²) in [5.74, 6) is 0.586. The third-order valence-corrected chi connectivity index (χ3v) is 4.54. The summed E-state index contributed by atoms with van der Waals surface area (Å²) in [5.41, 5.74) is 0. The van der Waals surface area contributed by atoms with Gasteiger partial charge in [-0.05, 0) is 25.2 Å². The van der Waals surface area contributed by atoms with E-state index in [-0.39, 0.29) is 6.61 Å². The summed E-state index contributed by atoms with van der Waals surface area (Å²) in [4.78, 5) is 9.49. The second kappa shape index (κ2) is 12.3. The normalized spacial score (nSPS) is 14.8. The lowest BCUT2D eigenvalue weighted by molar-refractivity contribution is 0.139. The average molecular weight is 359 g/mol. The Labute approximate surface area is 126 Å². The van der Waals surface area contributed by atoms with Gasteiger partial charge in [0.25, 0.3) is 0 Å². The van der Waals surface area contributed by atoms with Crippen LogP contribution in [0.25, 0.3) is 0 Å². The van der Waals surface area contributed by atoms with Crippen molar-refractivity contribution in [3.8, 4) is 0 Å². The second-order valence-electron chi connectivity index (χ2n) is 4.76. The highest BCUT2D eigenvalue weighted by Crippen LogP contribution is 2.43. The van der Waals surface area contributed by atoms with Gasteiger partial charge in [-0.2, -0.15) is 0 Å². The number of alkyl halides is 1. The maximum Gasteiger partial charge on any atom is 0.472 e. The zero-order valence-electron chi connectivity index (χ0n) is 12.1. The third-order valence-electron chi connectivity index (χ3n) is 2.96. The molecule has 0 radical (unpaired) electrons. The van der Waals surface area contributed by atoms with E-state index in [1.165, 1.54) is 0 Å². The molecule has 0 spiro atoms. The highest BCUT2D eigenvalue weighted by Gasteiger charge is 2.21. The highest BCUT2D eigenvalue weighted by molar-refractivity contribution is 9.09. The Hall–Kier alpha value is 0.590. The molecule has 116 valence electrons. The minimum absolute atomic E-state index is 0.271. The van der Waals surface area contributed by atoms with Gasteiger partial charge < -0.3 is 4.89 Å². The molecule has 0 aromatic rings. The molecule has 0 fully saturated rings. The molecule has 0 amide bonds. The number of unbranched alkanes of at least 4 members (excludes halogenated alkanes) is 1. The minimum atomic E-state index is -3.84. The molecule has 19 heavy (non-hydrogen) atoms. The van der Waals surface area contributed by atoms with E-state index in [2.05, 4.69) is 29.8 Å². The van der Waals surface area contributed by atoms with Gasteiger partial charge in [-0.3, -0.25) is 9.05 Å².